The number of aromatic nitrogens is 2. The molecule has 0 aliphatic carbocycles. The van der Waals surface area contributed by atoms with E-state index in [2.05, 4.69) is 35.1 Å². The highest BCUT2D eigenvalue weighted by molar-refractivity contribution is 5.91. The first-order valence-electron chi connectivity index (χ1n) is 12.1. The number of halogens is 1. The molecule has 2 aliphatic rings. The quantitative estimate of drug-likeness (QED) is 0.602. The molecule has 5 rings (SSSR count). The van der Waals surface area contributed by atoms with Crippen LogP contribution in [-0.2, 0) is 4.74 Å². The van der Waals surface area contributed by atoms with Gasteiger partial charge in [0.25, 0.3) is 0 Å². The van der Waals surface area contributed by atoms with Crippen LogP contribution in [0.5, 0.6) is 0 Å². The zero-order valence-electron chi connectivity index (χ0n) is 20.1. The summed E-state index contributed by atoms with van der Waals surface area (Å²) in [4.78, 5) is 21.5. The van der Waals surface area contributed by atoms with Crippen LogP contribution in [0.3, 0.4) is 0 Å². The summed E-state index contributed by atoms with van der Waals surface area (Å²) in [7, 11) is 0. The summed E-state index contributed by atoms with van der Waals surface area (Å²) in [6, 6.07) is 5.11. The van der Waals surface area contributed by atoms with Gasteiger partial charge in [0.2, 0.25) is 0 Å². The number of carbonyl (C=O) groups excluding carboxylic acids is 1. The number of nitrogens with one attached hydrogen (secondary N) is 1. The molecule has 2 aromatic heterocycles. The normalized spacial score (nSPS) is 18.8. The van der Waals surface area contributed by atoms with Crippen molar-refractivity contribution in [3.8, 4) is 11.1 Å². The van der Waals surface area contributed by atoms with Crippen molar-refractivity contribution in [2.75, 3.05) is 49.6 Å². The van der Waals surface area contributed by atoms with E-state index in [-0.39, 0.29) is 11.7 Å². The highest BCUT2D eigenvalue weighted by atomic mass is 19.1. The summed E-state index contributed by atoms with van der Waals surface area (Å²) in [5.74, 6) is 0.593. The van der Waals surface area contributed by atoms with Crippen LogP contribution in [0.1, 0.15) is 25.8 Å². The zero-order valence-corrected chi connectivity index (χ0v) is 20.1. The molecule has 2 aliphatic heterocycles. The molecule has 34 heavy (non-hydrogen) atoms. The van der Waals surface area contributed by atoms with Gasteiger partial charge in [-0.25, -0.2) is 14.2 Å². The molecular formula is C26H32FN5O2. The third-order valence-electron chi connectivity index (χ3n) is 7.14. The molecule has 1 aromatic carbocycles. The number of likely N-dealkylation sites (tertiary alicyclic amines) is 1. The predicted octanol–water partition coefficient (Wildman–Crippen LogP) is 4.80. The Bertz CT molecular complexity index is 1200. The standard InChI is InChI=1S/C26H32FN5O2/c1-17(2)19-4-6-32(15-19)26(33)29-23-14-21(18(3)12-22(23)27)20-13-24(30-8-10-34-11-9-30)25-28-5-7-31(25)16-20/h5,7,12-14,16-17,19H,4,6,8-11,15H2,1-3H3,(H,29,33)/t19-/m1/s1. The number of amides is 2. The molecule has 0 radical (unpaired) electrons. The molecule has 0 bridgehead atoms. The fourth-order valence-corrected chi connectivity index (χ4v) is 4.99. The molecule has 1 atom stereocenters. The Balaban J connectivity index is 1.46. The van der Waals surface area contributed by atoms with Gasteiger partial charge in [0, 0.05) is 50.3 Å². The summed E-state index contributed by atoms with van der Waals surface area (Å²) in [5, 5.41) is 2.83. The first-order chi connectivity index (χ1) is 16.4. The second kappa shape index (κ2) is 9.25. The summed E-state index contributed by atoms with van der Waals surface area (Å²) in [6.07, 6.45) is 6.70. The molecule has 7 nitrogen and oxygen atoms in total. The van der Waals surface area contributed by atoms with Crippen LogP contribution < -0.4 is 10.2 Å². The smallest absolute Gasteiger partial charge is 0.321 e. The van der Waals surface area contributed by atoms with Gasteiger partial charge < -0.3 is 24.3 Å². The average Bonchev–Trinajstić information content (AvgIpc) is 3.51. The van der Waals surface area contributed by atoms with Gasteiger partial charge >= 0.3 is 6.03 Å². The summed E-state index contributed by atoms with van der Waals surface area (Å²) in [5.41, 5.74) is 4.75. The highest BCUT2D eigenvalue weighted by Gasteiger charge is 2.28. The number of rotatable bonds is 4. The summed E-state index contributed by atoms with van der Waals surface area (Å²) < 4.78 is 22.4. The number of carbonyl (C=O) groups is 1. The highest BCUT2D eigenvalue weighted by Crippen LogP contribution is 2.34. The van der Waals surface area contributed by atoms with E-state index in [0.29, 0.717) is 38.1 Å². The van der Waals surface area contributed by atoms with Crippen LogP contribution in [0, 0.1) is 24.6 Å². The van der Waals surface area contributed by atoms with Crippen LogP contribution in [0.25, 0.3) is 16.8 Å². The average molecular weight is 466 g/mol. The fourth-order valence-electron chi connectivity index (χ4n) is 4.99. The number of pyridine rings is 1. The molecule has 3 aromatic rings. The Morgan fingerprint density at radius 1 is 1.21 bits per heavy atom. The Hall–Kier alpha value is -3.13. The first-order valence-corrected chi connectivity index (χ1v) is 12.1. The molecule has 0 unspecified atom stereocenters. The lowest BCUT2D eigenvalue weighted by molar-refractivity contribution is 0.123. The summed E-state index contributed by atoms with van der Waals surface area (Å²) in [6.45, 7) is 10.6. The largest absolute Gasteiger partial charge is 0.378 e. The monoisotopic (exact) mass is 465 g/mol. The molecule has 1 N–H and O–H groups in total. The van der Waals surface area contributed by atoms with Crippen LogP contribution in [0.15, 0.2) is 36.8 Å². The lowest BCUT2D eigenvalue weighted by Gasteiger charge is -2.29. The van der Waals surface area contributed by atoms with Crippen molar-refractivity contribution in [2.45, 2.75) is 27.2 Å². The fraction of sp³-hybridized carbons (Fsp3) is 0.462. The number of urea groups is 1. The van der Waals surface area contributed by atoms with E-state index in [9.17, 15) is 9.18 Å². The Morgan fingerprint density at radius 2 is 2.00 bits per heavy atom. The molecule has 0 saturated carbocycles. The molecule has 2 fully saturated rings. The molecule has 2 saturated heterocycles. The van der Waals surface area contributed by atoms with Gasteiger partial charge in [0.15, 0.2) is 5.65 Å². The maximum Gasteiger partial charge on any atom is 0.321 e. The van der Waals surface area contributed by atoms with Crippen molar-refractivity contribution in [3.05, 3.63) is 48.2 Å². The van der Waals surface area contributed by atoms with Gasteiger partial charge in [-0.15, -0.1) is 0 Å². The van der Waals surface area contributed by atoms with E-state index >= 15 is 0 Å². The van der Waals surface area contributed by atoms with Gasteiger partial charge in [-0.2, -0.15) is 0 Å². The van der Waals surface area contributed by atoms with Crippen LogP contribution >= 0.6 is 0 Å². The second-order valence-corrected chi connectivity index (χ2v) is 9.69. The van der Waals surface area contributed by atoms with Crippen LogP contribution in [0.4, 0.5) is 20.6 Å². The van der Waals surface area contributed by atoms with E-state index in [1.165, 1.54) is 6.07 Å². The Labute approximate surface area is 199 Å². The molecule has 0 spiro atoms. The number of morpholine rings is 1. The summed E-state index contributed by atoms with van der Waals surface area (Å²) >= 11 is 0. The van der Waals surface area contributed by atoms with Gasteiger partial charge in [-0.3, -0.25) is 0 Å². The second-order valence-electron chi connectivity index (χ2n) is 9.69. The third kappa shape index (κ3) is 4.34. The number of benzene rings is 1. The number of fused-ring (bicyclic) bond motifs is 1. The maximum atomic E-state index is 14.9. The Kier molecular flexibility index (Phi) is 6.16. The van der Waals surface area contributed by atoms with E-state index in [0.717, 1.165) is 47.5 Å². The van der Waals surface area contributed by atoms with E-state index in [1.54, 1.807) is 17.2 Å². The minimum absolute atomic E-state index is 0.206. The number of anilines is 2. The van der Waals surface area contributed by atoms with Crippen LogP contribution in [-0.4, -0.2) is 59.7 Å². The van der Waals surface area contributed by atoms with E-state index in [1.807, 2.05) is 23.7 Å². The molecule has 8 heteroatoms. The third-order valence-corrected chi connectivity index (χ3v) is 7.14. The van der Waals surface area contributed by atoms with Crippen molar-refractivity contribution < 1.29 is 13.9 Å². The van der Waals surface area contributed by atoms with Crippen molar-refractivity contribution in [2.24, 2.45) is 11.8 Å². The number of aryl methyl sites for hydroxylation is 1. The van der Waals surface area contributed by atoms with Gasteiger partial charge in [-0.05, 0) is 54.5 Å². The number of imidazole rings is 1. The van der Waals surface area contributed by atoms with E-state index in [4.69, 9.17) is 4.74 Å². The minimum Gasteiger partial charge on any atom is -0.378 e. The topological polar surface area (TPSA) is 62.1 Å². The first kappa shape index (κ1) is 22.7. The number of hydrogen-bond acceptors (Lipinski definition) is 4. The maximum absolute atomic E-state index is 14.9. The zero-order chi connectivity index (χ0) is 23.8. The van der Waals surface area contributed by atoms with Crippen molar-refractivity contribution in [1.82, 2.24) is 14.3 Å². The van der Waals surface area contributed by atoms with E-state index < -0.39 is 5.82 Å². The lowest BCUT2D eigenvalue weighted by atomic mass is 9.95. The number of hydrogen-bond donors (Lipinski definition) is 1. The molecule has 2 amide bonds. The van der Waals surface area contributed by atoms with Gasteiger partial charge in [0.1, 0.15) is 5.82 Å². The molecule has 4 heterocycles. The van der Waals surface area contributed by atoms with Crippen molar-refractivity contribution in [3.63, 3.8) is 0 Å². The predicted molar refractivity (Wildman–Crippen MR) is 132 cm³/mol. The minimum atomic E-state index is -0.425. The lowest BCUT2D eigenvalue weighted by Crippen LogP contribution is -2.36. The SMILES string of the molecule is Cc1cc(F)c(NC(=O)N2CC[C@@H](C(C)C)C2)cc1-c1cc(N2CCOCC2)c2nccn2c1. The van der Waals surface area contributed by atoms with Crippen molar-refractivity contribution in [1.29, 1.82) is 0 Å². The molecular weight excluding hydrogens is 433 g/mol. The number of ether oxygens (including phenoxy) is 1. The van der Waals surface area contributed by atoms with Crippen molar-refractivity contribution >= 4 is 23.1 Å². The van der Waals surface area contributed by atoms with Gasteiger partial charge in [0.05, 0.1) is 24.6 Å². The Morgan fingerprint density at radius 3 is 2.74 bits per heavy atom. The molecule has 180 valence electrons. The van der Waals surface area contributed by atoms with Gasteiger partial charge in [-0.1, -0.05) is 13.8 Å². The van der Waals surface area contributed by atoms with Crippen LogP contribution in [0.2, 0.25) is 0 Å². The number of nitrogens with zero attached hydrogens (tertiary/aromatic N) is 4.